The summed E-state index contributed by atoms with van der Waals surface area (Å²) in [4.78, 5) is 13.0. The summed E-state index contributed by atoms with van der Waals surface area (Å²) in [7, 11) is 10.2. The lowest BCUT2D eigenvalue weighted by Gasteiger charge is -2.16. The fourth-order valence-corrected chi connectivity index (χ4v) is 2.16. The number of hydrogen-bond donors (Lipinski definition) is 0. The first kappa shape index (κ1) is 13.6. The molecular weight excluding hydrogens is 237 g/mol. The molecular formula is C13H20BN5. The molecule has 6 heteroatoms. The van der Waals surface area contributed by atoms with Crippen LogP contribution in [0.3, 0.4) is 0 Å². The first-order valence-electron chi connectivity index (χ1n) is 6.27. The maximum Gasteiger partial charge on any atom is 0.224 e. The van der Waals surface area contributed by atoms with E-state index in [4.69, 9.17) is 0 Å². The quantitative estimate of drug-likeness (QED) is 0.738. The molecule has 0 spiro atoms. The van der Waals surface area contributed by atoms with Crippen LogP contribution < -0.4 is 0 Å². The van der Waals surface area contributed by atoms with Crippen molar-refractivity contribution in [1.29, 1.82) is 0 Å². The van der Waals surface area contributed by atoms with Crippen LogP contribution in [0.25, 0.3) is 16.6 Å². The number of hydrogen-bond acceptors (Lipinski definition) is 4. The summed E-state index contributed by atoms with van der Waals surface area (Å²) >= 11 is 0. The second kappa shape index (κ2) is 5.44. The Morgan fingerprint density at radius 2 is 2.05 bits per heavy atom. The molecule has 0 saturated carbocycles. The third-order valence-corrected chi connectivity index (χ3v) is 2.87. The van der Waals surface area contributed by atoms with Gasteiger partial charge in [-0.25, -0.2) is 9.97 Å². The van der Waals surface area contributed by atoms with Crippen molar-refractivity contribution in [3.8, 4) is 0 Å². The molecule has 0 aliphatic carbocycles. The molecule has 2 heterocycles. The van der Waals surface area contributed by atoms with Gasteiger partial charge in [0.05, 0.1) is 5.69 Å². The molecule has 0 bridgehead atoms. The van der Waals surface area contributed by atoms with Gasteiger partial charge in [-0.2, -0.15) is 0 Å². The van der Waals surface area contributed by atoms with Crippen molar-refractivity contribution < 1.29 is 0 Å². The minimum atomic E-state index is 0.846. The van der Waals surface area contributed by atoms with E-state index >= 15 is 0 Å². The van der Waals surface area contributed by atoms with Crippen LogP contribution in [0.1, 0.15) is 5.69 Å². The molecule has 0 fully saturated rings. The zero-order valence-corrected chi connectivity index (χ0v) is 12.3. The van der Waals surface area contributed by atoms with E-state index in [9.17, 15) is 0 Å². The van der Waals surface area contributed by atoms with Crippen molar-refractivity contribution in [1.82, 2.24) is 24.2 Å². The molecule has 0 unspecified atom stereocenters. The second-order valence-corrected chi connectivity index (χ2v) is 5.24. The molecule has 0 amide bonds. The predicted octanol–water partition coefficient (Wildman–Crippen LogP) is 0.292. The van der Waals surface area contributed by atoms with Gasteiger partial charge in [0.15, 0.2) is 0 Å². The molecule has 0 N–H and O–H groups in total. The number of aromatic nitrogens is 3. The Kier molecular flexibility index (Phi) is 3.90. The van der Waals surface area contributed by atoms with Crippen molar-refractivity contribution >= 4 is 24.6 Å². The van der Waals surface area contributed by atoms with E-state index in [1.807, 2.05) is 32.8 Å². The van der Waals surface area contributed by atoms with E-state index in [-0.39, 0.29) is 0 Å². The molecule has 2 rings (SSSR count). The van der Waals surface area contributed by atoms with Gasteiger partial charge in [-0.3, -0.25) is 0 Å². The summed E-state index contributed by atoms with van der Waals surface area (Å²) in [5.41, 5.74) is 3.16. The molecule has 2 aromatic rings. The smallest absolute Gasteiger partial charge is 0.224 e. The van der Waals surface area contributed by atoms with Gasteiger partial charge < -0.3 is 14.3 Å². The molecule has 0 atom stereocenters. The summed E-state index contributed by atoms with van der Waals surface area (Å²) in [6, 6.07) is 2.07. The lowest BCUT2D eigenvalue weighted by atomic mass is 10.1. The van der Waals surface area contributed by atoms with E-state index in [2.05, 4.69) is 46.1 Å². The minimum Gasteiger partial charge on any atom is -0.384 e. The average Bonchev–Trinajstić information content (AvgIpc) is 2.69. The average molecular weight is 257 g/mol. The van der Waals surface area contributed by atoms with Crippen LogP contribution in [-0.4, -0.2) is 67.0 Å². The van der Waals surface area contributed by atoms with Gasteiger partial charge in [-0.1, -0.05) is 0 Å². The summed E-state index contributed by atoms with van der Waals surface area (Å²) in [5, 5.41) is 1.10. The highest BCUT2D eigenvalue weighted by atomic mass is 15.1. The van der Waals surface area contributed by atoms with E-state index in [0.29, 0.717) is 0 Å². The molecule has 0 radical (unpaired) electrons. The Bertz CT molecular complexity index is 600. The van der Waals surface area contributed by atoms with E-state index in [1.165, 1.54) is 5.57 Å². The topological polar surface area (TPSA) is 37.2 Å². The van der Waals surface area contributed by atoms with Crippen molar-refractivity contribution in [2.75, 3.05) is 34.7 Å². The first-order valence-corrected chi connectivity index (χ1v) is 6.27. The molecule has 0 aliphatic heterocycles. The zero-order chi connectivity index (χ0) is 14.0. The van der Waals surface area contributed by atoms with Gasteiger partial charge in [0, 0.05) is 37.8 Å². The van der Waals surface area contributed by atoms with Gasteiger partial charge in [0.2, 0.25) is 7.98 Å². The molecule has 100 valence electrons. The third-order valence-electron chi connectivity index (χ3n) is 2.87. The monoisotopic (exact) mass is 257 g/mol. The summed E-state index contributed by atoms with van der Waals surface area (Å²) in [5.74, 6) is 0. The predicted molar refractivity (Wildman–Crippen MR) is 81.7 cm³/mol. The van der Waals surface area contributed by atoms with Crippen LogP contribution in [0.15, 0.2) is 24.8 Å². The SMILES string of the molecule is Bn1ccc2c(/C(=C\N(C)C)CN(C)C)ncnc21. The number of rotatable bonds is 4. The van der Waals surface area contributed by atoms with Gasteiger partial charge in [-0.15, -0.1) is 0 Å². The van der Waals surface area contributed by atoms with Gasteiger partial charge in [0.25, 0.3) is 0 Å². The van der Waals surface area contributed by atoms with E-state index in [1.54, 1.807) is 6.33 Å². The Labute approximate surface area is 115 Å². The molecule has 0 saturated heterocycles. The van der Waals surface area contributed by atoms with Crippen molar-refractivity contribution in [2.24, 2.45) is 0 Å². The minimum absolute atomic E-state index is 0.846. The molecule has 19 heavy (non-hydrogen) atoms. The highest BCUT2D eigenvalue weighted by Gasteiger charge is 2.12. The fourth-order valence-electron chi connectivity index (χ4n) is 2.16. The number of nitrogens with zero attached hydrogens (tertiary/aromatic N) is 5. The number of likely N-dealkylation sites (N-methyl/N-ethyl adjacent to an activating group) is 1. The zero-order valence-electron chi connectivity index (χ0n) is 12.3. The standard InChI is InChI=1S/C13H20BN5/c1-17(2)7-10(8-18(3)4)12-11-5-6-19(14)13(11)16-9-15-12/h5-7,9H,8,14H2,1-4H3/b10-7-. The third kappa shape index (κ3) is 2.96. The van der Waals surface area contributed by atoms with Crippen molar-refractivity contribution in [3.63, 3.8) is 0 Å². The van der Waals surface area contributed by atoms with Crippen LogP contribution in [0, 0.1) is 0 Å². The van der Waals surface area contributed by atoms with Gasteiger partial charge in [-0.05, 0) is 26.4 Å². The largest absolute Gasteiger partial charge is 0.384 e. The first-order chi connectivity index (χ1) is 8.99. The van der Waals surface area contributed by atoms with E-state index in [0.717, 1.165) is 23.3 Å². The van der Waals surface area contributed by atoms with Crippen LogP contribution in [0.5, 0.6) is 0 Å². The number of fused-ring (bicyclic) bond motifs is 1. The maximum absolute atomic E-state index is 4.48. The van der Waals surface area contributed by atoms with Crippen LogP contribution >= 0.6 is 0 Å². The summed E-state index contributed by atoms with van der Waals surface area (Å²) in [6.07, 6.45) is 5.78. The second-order valence-electron chi connectivity index (χ2n) is 5.24. The Hall–Kier alpha value is -1.82. The molecule has 2 aromatic heterocycles. The lowest BCUT2D eigenvalue weighted by molar-refractivity contribution is 0.458. The molecule has 0 aromatic carbocycles. The highest BCUT2D eigenvalue weighted by Crippen LogP contribution is 2.22. The van der Waals surface area contributed by atoms with Crippen LogP contribution in [-0.2, 0) is 0 Å². The van der Waals surface area contributed by atoms with Crippen LogP contribution in [0.4, 0.5) is 0 Å². The molecule has 0 aliphatic rings. The summed E-state index contributed by atoms with van der Waals surface area (Å²) in [6.45, 7) is 0.846. The maximum atomic E-state index is 4.48. The van der Waals surface area contributed by atoms with Gasteiger partial charge in [0.1, 0.15) is 12.0 Å². The Balaban J connectivity index is 2.56. The van der Waals surface area contributed by atoms with Crippen molar-refractivity contribution in [2.45, 2.75) is 0 Å². The molecule has 5 nitrogen and oxygen atoms in total. The normalized spacial score (nSPS) is 12.4. The lowest BCUT2D eigenvalue weighted by Crippen LogP contribution is -2.17. The Morgan fingerprint density at radius 1 is 1.32 bits per heavy atom. The van der Waals surface area contributed by atoms with Crippen LogP contribution in [0.2, 0.25) is 0 Å². The van der Waals surface area contributed by atoms with Crippen molar-refractivity contribution in [3.05, 3.63) is 30.5 Å². The van der Waals surface area contributed by atoms with E-state index < -0.39 is 0 Å². The highest BCUT2D eigenvalue weighted by molar-refractivity contribution is 6.11. The Morgan fingerprint density at radius 3 is 2.68 bits per heavy atom. The fraction of sp³-hybridized carbons (Fsp3) is 0.385. The van der Waals surface area contributed by atoms with Gasteiger partial charge >= 0.3 is 0 Å². The summed E-state index contributed by atoms with van der Waals surface area (Å²) < 4.78 is 2.02.